The van der Waals surface area contributed by atoms with Gasteiger partial charge in [0, 0.05) is 12.2 Å². The predicted octanol–water partition coefficient (Wildman–Crippen LogP) is -1.77. The number of carboxylic acids is 1. The Hall–Kier alpha value is -0.260. The maximum absolute atomic E-state index is 10.0. The van der Waals surface area contributed by atoms with Crippen LogP contribution >= 0.6 is 9.24 Å². The Kier molecular flexibility index (Phi) is 4.59. The molecule has 0 saturated heterocycles. The van der Waals surface area contributed by atoms with Crippen molar-refractivity contribution in [3.8, 4) is 0 Å². The van der Waals surface area contributed by atoms with Crippen LogP contribution < -0.4 is 5.32 Å². The number of carboxylic acid groups (broad SMARTS) is 1. The lowest BCUT2D eigenvalue weighted by molar-refractivity contribution is -0.332. The first-order valence-corrected chi connectivity index (χ1v) is 3.90. The molecule has 0 rings (SSSR count). The van der Waals surface area contributed by atoms with Gasteiger partial charge in [0.05, 0.1) is 0 Å². The summed E-state index contributed by atoms with van der Waals surface area (Å²) < 4.78 is 0. The first kappa shape index (κ1) is 11.7. The molecule has 0 aliphatic carbocycles. The van der Waals surface area contributed by atoms with Crippen molar-refractivity contribution in [2.45, 2.75) is 24.7 Å². The van der Waals surface area contributed by atoms with E-state index in [4.69, 9.17) is 20.4 Å². The standard InChI is InChI=1S/C5H12NO5P/c7-4(8)2-1-3(12)6-5(9,10)11/h3,6,9-11H,1-2,12H2,(H,7,8). The summed E-state index contributed by atoms with van der Waals surface area (Å²) in [5.74, 6) is -1.55. The Morgan fingerprint density at radius 1 is 1.50 bits per heavy atom. The van der Waals surface area contributed by atoms with Crippen LogP contribution in [-0.4, -0.2) is 38.3 Å². The van der Waals surface area contributed by atoms with Gasteiger partial charge in [0.15, 0.2) is 0 Å². The molecule has 0 spiro atoms. The van der Waals surface area contributed by atoms with E-state index in [-0.39, 0.29) is 12.8 Å². The summed E-state index contributed by atoms with van der Waals surface area (Å²) in [4.78, 5) is 10.0. The van der Waals surface area contributed by atoms with Crippen molar-refractivity contribution in [1.29, 1.82) is 0 Å². The van der Waals surface area contributed by atoms with E-state index in [0.717, 1.165) is 0 Å². The smallest absolute Gasteiger partial charge is 0.343 e. The van der Waals surface area contributed by atoms with Gasteiger partial charge in [-0.1, -0.05) is 0 Å². The van der Waals surface area contributed by atoms with Crippen LogP contribution in [0.2, 0.25) is 0 Å². The first-order valence-electron chi connectivity index (χ1n) is 3.23. The molecule has 0 amide bonds. The van der Waals surface area contributed by atoms with Crippen molar-refractivity contribution in [1.82, 2.24) is 5.32 Å². The Bertz CT molecular complexity index is 156. The molecule has 0 radical (unpaired) electrons. The van der Waals surface area contributed by atoms with Gasteiger partial charge in [0.1, 0.15) is 0 Å². The number of nitrogens with one attached hydrogen (secondary N) is 1. The maximum atomic E-state index is 10.0. The van der Waals surface area contributed by atoms with Crippen LogP contribution in [0, 0.1) is 0 Å². The Labute approximate surface area is 71.4 Å². The monoisotopic (exact) mass is 197 g/mol. The zero-order valence-electron chi connectivity index (χ0n) is 6.27. The van der Waals surface area contributed by atoms with E-state index in [2.05, 4.69) is 9.24 Å². The van der Waals surface area contributed by atoms with Crippen LogP contribution in [0.25, 0.3) is 0 Å². The molecule has 7 heteroatoms. The zero-order valence-corrected chi connectivity index (χ0v) is 7.42. The lowest BCUT2D eigenvalue weighted by Gasteiger charge is -2.20. The molecule has 0 aromatic carbocycles. The average molecular weight is 197 g/mol. The third kappa shape index (κ3) is 7.84. The number of hydrogen-bond acceptors (Lipinski definition) is 5. The van der Waals surface area contributed by atoms with E-state index in [1.54, 1.807) is 0 Å². The average Bonchev–Trinajstić information content (AvgIpc) is 1.79. The maximum Gasteiger partial charge on any atom is 0.343 e. The minimum Gasteiger partial charge on any atom is -0.481 e. The van der Waals surface area contributed by atoms with Crippen molar-refractivity contribution in [3.63, 3.8) is 0 Å². The number of aliphatic carboxylic acids is 1. The molecule has 0 aromatic heterocycles. The van der Waals surface area contributed by atoms with Crippen molar-refractivity contribution < 1.29 is 25.2 Å². The summed E-state index contributed by atoms with van der Waals surface area (Å²) in [6.07, 6.45) is -2.90. The molecule has 0 aliphatic heterocycles. The molecule has 6 nitrogen and oxygen atoms in total. The summed E-state index contributed by atoms with van der Waals surface area (Å²) >= 11 is 0. The molecule has 72 valence electrons. The van der Waals surface area contributed by atoms with Crippen molar-refractivity contribution >= 4 is 15.2 Å². The van der Waals surface area contributed by atoms with Gasteiger partial charge in [-0.25, -0.2) is 5.32 Å². The molecule has 12 heavy (non-hydrogen) atoms. The van der Waals surface area contributed by atoms with E-state index in [9.17, 15) is 4.79 Å². The summed E-state index contributed by atoms with van der Waals surface area (Å²) in [5, 5.41) is 35.4. The molecule has 5 N–H and O–H groups in total. The summed E-state index contributed by atoms with van der Waals surface area (Å²) in [7, 11) is 2.13. The highest BCUT2D eigenvalue weighted by Gasteiger charge is 2.20. The Morgan fingerprint density at radius 2 is 2.00 bits per heavy atom. The highest BCUT2D eigenvalue weighted by Crippen LogP contribution is 2.07. The second kappa shape index (κ2) is 4.69. The molecule has 0 heterocycles. The van der Waals surface area contributed by atoms with Crippen molar-refractivity contribution in [3.05, 3.63) is 0 Å². The SMILES string of the molecule is O=C(O)CCC(P)NC(O)(O)O. The number of aliphatic hydroxyl groups is 3. The zero-order chi connectivity index (χ0) is 9.78. The molecular formula is C5H12NO5P. The molecule has 0 aromatic rings. The largest absolute Gasteiger partial charge is 0.481 e. The van der Waals surface area contributed by atoms with E-state index in [1.807, 2.05) is 5.32 Å². The third-order valence-electron chi connectivity index (χ3n) is 1.05. The minimum atomic E-state index is -2.95. The van der Waals surface area contributed by atoms with Crippen LogP contribution in [0.3, 0.4) is 0 Å². The fourth-order valence-corrected chi connectivity index (χ4v) is 0.990. The van der Waals surface area contributed by atoms with Gasteiger partial charge < -0.3 is 20.4 Å². The minimum absolute atomic E-state index is 0.114. The Morgan fingerprint density at radius 3 is 2.33 bits per heavy atom. The lowest BCUT2D eigenvalue weighted by Crippen LogP contribution is -2.48. The number of hydrogen-bond donors (Lipinski definition) is 5. The highest BCUT2D eigenvalue weighted by molar-refractivity contribution is 7.17. The van der Waals surface area contributed by atoms with Crippen LogP contribution in [0.4, 0.5) is 0 Å². The molecular weight excluding hydrogens is 185 g/mol. The van der Waals surface area contributed by atoms with Gasteiger partial charge in [-0.15, -0.1) is 9.24 Å². The quantitative estimate of drug-likeness (QED) is 0.263. The summed E-state index contributed by atoms with van der Waals surface area (Å²) in [5.41, 5.74) is 0. The first-order chi connectivity index (χ1) is 5.31. The van der Waals surface area contributed by atoms with Gasteiger partial charge >= 0.3 is 12.1 Å². The molecule has 0 bridgehead atoms. The highest BCUT2D eigenvalue weighted by atomic mass is 31.0. The summed E-state index contributed by atoms with van der Waals surface area (Å²) in [6, 6.07) is 0. The fraction of sp³-hybridized carbons (Fsp3) is 0.800. The topological polar surface area (TPSA) is 110 Å². The van der Waals surface area contributed by atoms with Gasteiger partial charge in [0.2, 0.25) is 0 Å². The summed E-state index contributed by atoms with van der Waals surface area (Å²) in [6.45, 7) is 0. The number of carbonyl (C=O) groups is 1. The van der Waals surface area contributed by atoms with Gasteiger partial charge in [-0.3, -0.25) is 4.79 Å². The second-order valence-corrected chi connectivity index (χ2v) is 3.12. The van der Waals surface area contributed by atoms with E-state index in [1.165, 1.54) is 0 Å². The third-order valence-corrected chi connectivity index (χ3v) is 1.55. The van der Waals surface area contributed by atoms with Gasteiger partial charge in [-0.05, 0) is 6.42 Å². The van der Waals surface area contributed by atoms with Crippen LogP contribution in [-0.2, 0) is 4.79 Å². The second-order valence-electron chi connectivity index (χ2n) is 2.32. The molecule has 0 aliphatic rings. The van der Waals surface area contributed by atoms with Crippen LogP contribution in [0.15, 0.2) is 0 Å². The van der Waals surface area contributed by atoms with Gasteiger partial charge in [-0.2, -0.15) is 0 Å². The van der Waals surface area contributed by atoms with Crippen LogP contribution in [0.1, 0.15) is 12.8 Å². The normalized spacial score (nSPS) is 14.3. The Balaban J connectivity index is 3.60. The predicted molar refractivity (Wildman–Crippen MR) is 42.9 cm³/mol. The van der Waals surface area contributed by atoms with E-state index >= 15 is 0 Å². The molecule has 0 saturated carbocycles. The van der Waals surface area contributed by atoms with Crippen LogP contribution in [0.5, 0.6) is 0 Å². The molecule has 2 atom stereocenters. The van der Waals surface area contributed by atoms with Crippen molar-refractivity contribution in [2.75, 3.05) is 0 Å². The van der Waals surface area contributed by atoms with Crippen molar-refractivity contribution in [2.24, 2.45) is 0 Å². The number of rotatable bonds is 5. The molecule has 2 unspecified atom stereocenters. The van der Waals surface area contributed by atoms with E-state index < -0.39 is 17.8 Å². The fourth-order valence-electron chi connectivity index (χ4n) is 0.600. The van der Waals surface area contributed by atoms with E-state index in [0.29, 0.717) is 0 Å². The van der Waals surface area contributed by atoms with Gasteiger partial charge in [0.25, 0.3) is 0 Å². The molecule has 0 fully saturated rings. The lowest BCUT2D eigenvalue weighted by atomic mass is 10.3.